The van der Waals surface area contributed by atoms with Crippen LogP contribution in [0, 0.1) is 11.8 Å². The van der Waals surface area contributed by atoms with Crippen molar-refractivity contribution in [3.05, 3.63) is 40.9 Å². The molecule has 0 bridgehead atoms. The molecule has 0 spiro atoms. The maximum atomic E-state index is 13.9. The minimum atomic E-state index is -0.637. The summed E-state index contributed by atoms with van der Waals surface area (Å²) in [5.41, 5.74) is 1.62. The van der Waals surface area contributed by atoms with Gasteiger partial charge in [-0.25, -0.2) is 0 Å². The number of carbonyl (C=O) groups excluding carboxylic acids is 3. The molecule has 8 nitrogen and oxygen atoms in total. The van der Waals surface area contributed by atoms with Crippen LogP contribution in [-0.4, -0.2) is 96.4 Å². The van der Waals surface area contributed by atoms with Crippen LogP contribution < -0.4 is 10.2 Å². The molecular formula is C33H52ClN5O3. The molecule has 1 N–H and O–H groups in total. The third-order valence-corrected chi connectivity index (χ3v) is 9.06. The average molecular weight is 602 g/mol. The molecule has 0 saturated carbocycles. The topological polar surface area (TPSA) is 76.2 Å². The lowest BCUT2D eigenvalue weighted by molar-refractivity contribution is -0.140. The number of nitrogens with one attached hydrogen (secondary N) is 1. The van der Waals surface area contributed by atoms with Crippen LogP contribution >= 0.6 is 11.6 Å². The van der Waals surface area contributed by atoms with Crippen molar-refractivity contribution in [2.45, 2.75) is 91.9 Å². The van der Waals surface area contributed by atoms with Gasteiger partial charge in [-0.2, -0.15) is 0 Å². The second kappa shape index (κ2) is 15.2. The maximum absolute atomic E-state index is 13.9. The number of nitrogens with zero attached hydrogens (tertiary/aromatic N) is 4. The number of amides is 3. The van der Waals surface area contributed by atoms with Gasteiger partial charge in [-0.3, -0.25) is 19.3 Å². The summed E-state index contributed by atoms with van der Waals surface area (Å²) in [5, 5.41) is 3.83. The zero-order valence-electron chi connectivity index (χ0n) is 26.9. The molecule has 1 aromatic rings. The van der Waals surface area contributed by atoms with Crippen molar-refractivity contribution in [2.24, 2.45) is 11.8 Å². The monoisotopic (exact) mass is 601 g/mol. The smallest absolute Gasteiger partial charge is 0.249 e. The highest BCUT2D eigenvalue weighted by Gasteiger charge is 2.36. The standard InChI is InChI=1S/C33H52ClN5O3/c1-22(2)29(21-25(7)32(41)38-19-17-37(18-20-38)27-14-10-9-13-26(27)34)36(8)33(42)30(23(3)4)35-31(40)28-15-11-12-16-39(28)24(5)6/h9-10,13-14,21-24,28-30H,11-12,15-20H2,1-8H3,(H,35,40)/b25-21+/t28?,29-,30?/m1/s1. The molecule has 2 heterocycles. The second-order valence-corrected chi connectivity index (χ2v) is 13.2. The number of piperidine rings is 1. The third kappa shape index (κ3) is 8.28. The summed E-state index contributed by atoms with van der Waals surface area (Å²) < 4.78 is 0. The van der Waals surface area contributed by atoms with Gasteiger partial charge in [0.15, 0.2) is 0 Å². The van der Waals surface area contributed by atoms with Gasteiger partial charge in [-0.05, 0) is 64.1 Å². The van der Waals surface area contributed by atoms with Gasteiger partial charge in [-0.1, -0.05) is 63.9 Å². The number of likely N-dealkylation sites (N-methyl/N-ethyl adjacent to an activating group) is 1. The summed E-state index contributed by atoms with van der Waals surface area (Å²) in [6.45, 7) is 17.6. The largest absolute Gasteiger partial charge is 0.367 e. The van der Waals surface area contributed by atoms with Crippen molar-refractivity contribution < 1.29 is 14.4 Å². The minimum Gasteiger partial charge on any atom is -0.367 e. The molecule has 42 heavy (non-hydrogen) atoms. The van der Waals surface area contributed by atoms with Crippen molar-refractivity contribution in [2.75, 3.05) is 44.7 Å². The number of hydrogen-bond donors (Lipinski definition) is 1. The quantitative estimate of drug-likeness (QED) is 0.389. The molecule has 234 valence electrons. The number of anilines is 1. The average Bonchev–Trinajstić information content (AvgIpc) is 2.97. The van der Waals surface area contributed by atoms with Crippen LogP contribution in [0.4, 0.5) is 5.69 Å². The highest BCUT2D eigenvalue weighted by molar-refractivity contribution is 6.33. The van der Waals surface area contributed by atoms with Gasteiger partial charge in [0.05, 0.1) is 22.8 Å². The van der Waals surface area contributed by atoms with Gasteiger partial charge in [0, 0.05) is 44.8 Å². The van der Waals surface area contributed by atoms with E-state index in [9.17, 15) is 14.4 Å². The van der Waals surface area contributed by atoms with Crippen LogP contribution in [0.1, 0.15) is 67.7 Å². The van der Waals surface area contributed by atoms with Crippen molar-refractivity contribution >= 4 is 35.0 Å². The van der Waals surface area contributed by atoms with Gasteiger partial charge in [0.2, 0.25) is 17.7 Å². The molecule has 0 radical (unpaired) electrons. The van der Waals surface area contributed by atoms with Crippen LogP contribution in [0.2, 0.25) is 5.02 Å². The molecular weight excluding hydrogens is 550 g/mol. The molecule has 3 amide bonds. The Balaban J connectivity index is 1.68. The Hall–Kier alpha value is -2.58. The van der Waals surface area contributed by atoms with E-state index in [1.807, 2.05) is 56.0 Å². The van der Waals surface area contributed by atoms with Gasteiger partial charge in [-0.15, -0.1) is 0 Å². The molecule has 3 atom stereocenters. The maximum Gasteiger partial charge on any atom is 0.249 e. The van der Waals surface area contributed by atoms with E-state index < -0.39 is 6.04 Å². The molecule has 0 aliphatic carbocycles. The molecule has 3 rings (SSSR count). The van der Waals surface area contributed by atoms with Gasteiger partial charge in [0.1, 0.15) is 6.04 Å². The number of benzene rings is 1. The first-order chi connectivity index (χ1) is 19.8. The predicted molar refractivity (Wildman–Crippen MR) is 172 cm³/mol. The first kappa shape index (κ1) is 33.9. The fraction of sp³-hybridized carbons (Fsp3) is 0.667. The van der Waals surface area contributed by atoms with E-state index in [1.54, 1.807) is 11.9 Å². The number of para-hydroxylation sites is 1. The Labute approximate surface area is 258 Å². The van der Waals surface area contributed by atoms with Crippen LogP contribution in [0.15, 0.2) is 35.9 Å². The van der Waals surface area contributed by atoms with Crippen molar-refractivity contribution in [3.8, 4) is 0 Å². The lowest BCUT2D eigenvalue weighted by Gasteiger charge is -2.39. The van der Waals surface area contributed by atoms with Crippen LogP contribution in [-0.2, 0) is 14.4 Å². The van der Waals surface area contributed by atoms with E-state index in [0.717, 1.165) is 31.5 Å². The Morgan fingerprint density at radius 2 is 1.60 bits per heavy atom. The molecule has 2 unspecified atom stereocenters. The van der Waals surface area contributed by atoms with Crippen LogP contribution in [0.5, 0.6) is 0 Å². The third-order valence-electron chi connectivity index (χ3n) is 8.74. The van der Waals surface area contributed by atoms with E-state index in [0.29, 0.717) is 36.8 Å². The lowest BCUT2D eigenvalue weighted by atomic mass is 9.95. The zero-order chi connectivity index (χ0) is 31.1. The van der Waals surface area contributed by atoms with Crippen molar-refractivity contribution in [3.63, 3.8) is 0 Å². The first-order valence-corrected chi connectivity index (χ1v) is 16.0. The SMILES string of the molecule is C/C(=C\[C@H](C(C)C)N(C)C(=O)C(NC(=O)C1CCCCN1C(C)C)C(C)C)C(=O)N1CCN(c2ccccc2Cl)CC1. The molecule has 2 aliphatic heterocycles. The second-order valence-electron chi connectivity index (χ2n) is 12.8. The Morgan fingerprint density at radius 3 is 2.17 bits per heavy atom. The van der Waals surface area contributed by atoms with E-state index in [-0.39, 0.29) is 47.7 Å². The number of hydrogen-bond acceptors (Lipinski definition) is 5. The van der Waals surface area contributed by atoms with Gasteiger partial charge >= 0.3 is 0 Å². The lowest BCUT2D eigenvalue weighted by Crippen LogP contribution is -2.58. The van der Waals surface area contributed by atoms with E-state index in [2.05, 4.69) is 42.8 Å². The van der Waals surface area contributed by atoms with Crippen molar-refractivity contribution in [1.29, 1.82) is 0 Å². The highest BCUT2D eigenvalue weighted by Crippen LogP contribution is 2.27. The molecule has 2 fully saturated rings. The summed E-state index contributed by atoms with van der Waals surface area (Å²) in [7, 11) is 1.78. The van der Waals surface area contributed by atoms with E-state index in [4.69, 9.17) is 11.6 Å². The number of likely N-dealkylation sites (tertiary alicyclic amines) is 1. The number of halogens is 1. The Kier molecular flexibility index (Phi) is 12.3. The van der Waals surface area contributed by atoms with Crippen LogP contribution in [0.25, 0.3) is 0 Å². The van der Waals surface area contributed by atoms with Crippen molar-refractivity contribution in [1.82, 2.24) is 20.0 Å². The number of piperazine rings is 1. The van der Waals surface area contributed by atoms with E-state index in [1.165, 1.54) is 0 Å². The highest BCUT2D eigenvalue weighted by atomic mass is 35.5. The molecule has 1 aromatic carbocycles. The zero-order valence-corrected chi connectivity index (χ0v) is 27.7. The molecule has 2 aliphatic rings. The summed E-state index contributed by atoms with van der Waals surface area (Å²) in [4.78, 5) is 48.8. The molecule has 0 aromatic heterocycles. The Bertz CT molecular complexity index is 1110. The van der Waals surface area contributed by atoms with E-state index >= 15 is 0 Å². The normalized spacial score (nSPS) is 20.2. The summed E-state index contributed by atoms with van der Waals surface area (Å²) in [6, 6.07) is 6.92. The number of rotatable bonds is 10. The number of carbonyl (C=O) groups is 3. The summed E-state index contributed by atoms with van der Waals surface area (Å²) >= 11 is 6.39. The molecule has 9 heteroatoms. The first-order valence-electron chi connectivity index (χ1n) is 15.6. The predicted octanol–water partition coefficient (Wildman–Crippen LogP) is 4.82. The van der Waals surface area contributed by atoms with Gasteiger partial charge < -0.3 is 20.0 Å². The Morgan fingerprint density at radius 1 is 0.952 bits per heavy atom. The molecule has 2 saturated heterocycles. The fourth-order valence-corrected chi connectivity index (χ4v) is 6.43. The van der Waals surface area contributed by atoms with Gasteiger partial charge in [0.25, 0.3) is 0 Å². The summed E-state index contributed by atoms with van der Waals surface area (Å²) in [5.74, 6) is -0.206. The fourth-order valence-electron chi connectivity index (χ4n) is 6.17. The minimum absolute atomic E-state index is 0.0138. The van der Waals surface area contributed by atoms with Crippen LogP contribution in [0.3, 0.4) is 0 Å². The summed E-state index contributed by atoms with van der Waals surface area (Å²) in [6.07, 6.45) is 4.84.